The molecular formula is C19H22N2O5. The number of nitrogens with one attached hydrogen (secondary N) is 1. The fourth-order valence-corrected chi connectivity index (χ4v) is 2.49. The molecule has 0 saturated heterocycles. The van der Waals surface area contributed by atoms with Crippen molar-refractivity contribution in [1.29, 1.82) is 0 Å². The highest BCUT2D eigenvalue weighted by molar-refractivity contribution is 6.02. The van der Waals surface area contributed by atoms with Gasteiger partial charge in [0.05, 0.1) is 5.56 Å². The van der Waals surface area contributed by atoms with Crippen LogP contribution in [0.15, 0.2) is 36.4 Å². The zero-order chi connectivity index (χ0) is 19.3. The molecule has 7 heteroatoms. The number of fused-ring (bicyclic) bond motifs is 1. The summed E-state index contributed by atoms with van der Waals surface area (Å²) in [6.07, 6.45) is 0. The number of carbonyl (C=O) groups is 3. The Kier molecular flexibility index (Phi) is 6.16. The van der Waals surface area contributed by atoms with Crippen LogP contribution in [0.2, 0.25) is 0 Å². The third-order valence-corrected chi connectivity index (χ3v) is 3.61. The van der Waals surface area contributed by atoms with Crippen LogP contribution in [0.3, 0.4) is 0 Å². The molecule has 138 valence electrons. The van der Waals surface area contributed by atoms with Crippen LogP contribution in [0.25, 0.3) is 10.8 Å². The largest absolute Gasteiger partial charge is 0.483 e. The number of hydrogen-bond donors (Lipinski definition) is 2. The van der Waals surface area contributed by atoms with Gasteiger partial charge in [0.25, 0.3) is 11.8 Å². The summed E-state index contributed by atoms with van der Waals surface area (Å²) in [4.78, 5) is 36.5. The molecule has 0 bridgehead atoms. The number of amides is 2. The number of ether oxygens (including phenoxy) is 1. The molecule has 0 aliphatic heterocycles. The predicted octanol–water partition coefficient (Wildman–Crippen LogP) is 1.90. The van der Waals surface area contributed by atoms with Crippen LogP contribution in [-0.2, 0) is 9.59 Å². The first-order valence-electron chi connectivity index (χ1n) is 8.20. The molecule has 0 aliphatic carbocycles. The zero-order valence-electron chi connectivity index (χ0n) is 15.0. The Bertz CT molecular complexity index is 832. The third-order valence-electron chi connectivity index (χ3n) is 3.61. The molecule has 0 aliphatic rings. The van der Waals surface area contributed by atoms with Crippen LogP contribution in [0, 0.1) is 0 Å². The number of carbonyl (C=O) groups excluding carboxylic acids is 2. The number of carboxylic acid groups (broad SMARTS) is 1. The van der Waals surface area contributed by atoms with E-state index in [0.29, 0.717) is 0 Å². The molecule has 0 fully saturated rings. The molecular weight excluding hydrogens is 336 g/mol. The van der Waals surface area contributed by atoms with Gasteiger partial charge in [-0.05, 0) is 36.8 Å². The Balaban J connectivity index is 2.34. The number of rotatable bonds is 7. The normalized spacial score (nSPS) is 10.6. The van der Waals surface area contributed by atoms with Gasteiger partial charge in [-0.25, -0.2) is 0 Å². The second-order valence-electron chi connectivity index (χ2n) is 6.26. The fourth-order valence-electron chi connectivity index (χ4n) is 2.49. The van der Waals surface area contributed by atoms with E-state index in [1.165, 1.54) is 7.05 Å². The second-order valence-corrected chi connectivity index (χ2v) is 6.26. The summed E-state index contributed by atoms with van der Waals surface area (Å²) in [5, 5.41) is 13.3. The quantitative estimate of drug-likeness (QED) is 0.788. The lowest BCUT2D eigenvalue weighted by Gasteiger charge is -2.18. The van der Waals surface area contributed by atoms with Gasteiger partial charge in [0.2, 0.25) is 0 Å². The SMILES string of the molecule is CC(C)NC(=O)COc1cc2ccccc2cc1C(=O)N(C)CC(=O)O. The van der Waals surface area contributed by atoms with Crippen LogP contribution >= 0.6 is 0 Å². The molecule has 2 aromatic carbocycles. The Hall–Kier alpha value is -3.09. The third kappa shape index (κ3) is 4.95. The monoisotopic (exact) mass is 358 g/mol. The van der Waals surface area contributed by atoms with E-state index in [1.807, 2.05) is 38.1 Å². The molecule has 2 rings (SSSR count). The average molecular weight is 358 g/mol. The van der Waals surface area contributed by atoms with Crippen molar-refractivity contribution in [1.82, 2.24) is 10.2 Å². The maximum Gasteiger partial charge on any atom is 0.323 e. The summed E-state index contributed by atoms with van der Waals surface area (Å²) in [7, 11) is 1.40. The zero-order valence-corrected chi connectivity index (χ0v) is 15.0. The molecule has 0 aromatic heterocycles. The Morgan fingerprint density at radius 2 is 1.77 bits per heavy atom. The number of aliphatic carboxylic acids is 1. The summed E-state index contributed by atoms with van der Waals surface area (Å²) in [6, 6.07) is 10.7. The van der Waals surface area contributed by atoms with Gasteiger partial charge in [0.15, 0.2) is 6.61 Å². The summed E-state index contributed by atoms with van der Waals surface area (Å²) < 4.78 is 5.58. The molecule has 0 saturated carbocycles. The van der Waals surface area contributed by atoms with Gasteiger partial charge in [-0.15, -0.1) is 0 Å². The van der Waals surface area contributed by atoms with E-state index >= 15 is 0 Å². The highest BCUT2D eigenvalue weighted by Gasteiger charge is 2.20. The van der Waals surface area contributed by atoms with Crippen molar-refractivity contribution < 1.29 is 24.2 Å². The molecule has 0 atom stereocenters. The Morgan fingerprint density at radius 3 is 2.35 bits per heavy atom. The number of nitrogens with zero attached hydrogens (tertiary/aromatic N) is 1. The minimum atomic E-state index is -1.11. The van der Waals surface area contributed by atoms with E-state index in [-0.39, 0.29) is 29.9 Å². The summed E-state index contributed by atoms with van der Waals surface area (Å²) in [5.41, 5.74) is 0.213. The summed E-state index contributed by atoms with van der Waals surface area (Å²) in [6.45, 7) is 3.01. The number of benzene rings is 2. The van der Waals surface area contributed by atoms with Gasteiger partial charge in [-0.3, -0.25) is 14.4 Å². The molecule has 2 amide bonds. The molecule has 2 aromatic rings. The molecule has 0 spiro atoms. The van der Waals surface area contributed by atoms with E-state index in [4.69, 9.17) is 9.84 Å². The number of hydrogen-bond acceptors (Lipinski definition) is 4. The van der Waals surface area contributed by atoms with Crippen LogP contribution in [-0.4, -0.2) is 54.0 Å². The van der Waals surface area contributed by atoms with E-state index < -0.39 is 18.4 Å². The molecule has 26 heavy (non-hydrogen) atoms. The van der Waals surface area contributed by atoms with Gasteiger partial charge < -0.3 is 20.1 Å². The van der Waals surface area contributed by atoms with Crippen molar-refractivity contribution in [3.63, 3.8) is 0 Å². The van der Waals surface area contributed by atoms with Gasteiger partial charge in [0.1, 0.15) is 12.3 Å². The highest BCUT2D eigenvalue weighted by Crippen LogP contribution is 2.27. The predicted molar refractivity (Wildman–Crippen MR) is 97.3 cm³/mol. The van der Waals surface area contributed by atoms with Crippen molar-refractivity contribution >= 4 is 28.6 Å². The summed E-state index contributed by atoms with van der Waals surface area (Å²) >= 11 is 0. The topological polar surface area (TPSA) is 95.9 Å². The van der Waals surface area contributed by atoms with Gasteiger partial charge in [0, 0.05) is 13.1 Å². The van der Waals surface area contributed by atoms with Crippen LogP contribution in [0.1, 0.15) is 24.2 Å². The van der Waals surface area contributed by atoms with E-state index in [9.17, 15) is 14.4 Å². The minimum absolute atomic E-state index is 0.0227. The van der Waals surface area contributed by atoms with Gasteiger partial charge in [-0.1, -0.05) is 24.3 Å². The minimum Gasteiger partial charge on any atom is -0.483 e. The van der Waals surface area contributed by atoms with Gasteiger partial charge >= 0.3 is 5.97 Å². The average Bonchev–Trinajstić information content (AvgIpc) is 2.57. The highest BCUT2D eigenvalue weighted by atomic mass is 16.5. The first-order chi connectivity index (χ1) is 12.3. The molecule has 0 radical (unpaired) electrons. The number of likely N-dealkylation sites (N-methyl/N-ethyl adjacent to an activating group) is 1. The molecule has 0 heterocycles. The molecule has 0 unspecified atom stereocenters. The van der Waals surface area contributed by atoms with Crippen LogP contribution in [0.4, 0.5) is 0 Å². The van der Waals surface area contributed by atoms with Crippen molar-refractivity contribution in [2.75, 3.05) is 20.2 Å². The van der Waals surface area contributed by atoms with E-state index in [0.717, 1.165) is 15.7 Å². The number of carboxylic acids is 1. The second kappa shape index (κ2) is 8.33. The Morgan fingerprint density at radius 1 is 1.15 bits per heavy atom. The lowest BCUT2D eigenvalue weighted by atomic mass is 10.0. The Labute approximate surface area is 151 Å². The lowest BCUT2D eigenvalue weighted by Crippen LogP contribution is -2.35. The van der Waals surface area contributed by atoms with E-state index in [2.05, 4.69) is 5.32 Å². The first kappa shape index (κ1) is 19.2. The van der Waals surface area contributed by atoms with Crippen LogP contribution in [0.5, 0.6) is 5.75 Å². The van der Waals surface area contributed by atoms with Crippen molar-refractivity contribution in [3.05, 3.63) is 42.0 Å². The van der Waals surface area contributed by atoms with Crippen molar-refractivity contribution in [3.8, 4) is 5.75 Å². The van der Waals surface area contributed by atoms with Gasteiger partial charge in [-0.2, -0.15) is 0 Å². The maximum atomic E-state index is 12.6. The molecule has 7 nitrogen and oxygen atoms in total. The first-order valence-corrected chi connectivity index (χ1v) is 8.20. The molecule has 2 N–H and O–H groups in total. The lowest BCUT2D eigenvalue weighted by molar-refractivity contribution is -0.137. The van der Waals surface area contributed by atoms with Crippen LogP contribution < -0.4 is 10.1 Å². The maximum absolute atomic E-state index is 12.6. The van der Waals surface area contributed by atoms with Crippen molar-refractivity contribution in [2.24, 2.45) is 0 Å². The standard InChI is InChI=1S/C19H22N2O5/c1-12(2)20-17(22)11-26-16-9-14-7-5-4-6-13(14)8-15(16)19(25)21(3)10-18(23)24/h4-9,12H,10-11H2,1-3H3,(H,20,22)(H,23,24). The van der Waals surface area contributed by atoms with Crippen molar-refractivity contribution in [2.45, 2.75) is 19.9 Å². The smallest absolute Gasteiger partial charge is 0.323 e. The fraction of sp³-hybridized carbons (Fsp3) is 0.316. The van der Waals surface area contributed by atoms with E-state index in [1.54, 1.807) is 12.1 Å². The summed E-state index contributed by atoms with van der Waals surface area (Å²) in [5.74, 6) is -1.66.